The smallest absolute Gasteiger partial charge is 0.390 e. The van der Waals surface area contributed by atoms with Gasteiger partial charge in [-0.1, -0.05) is 0 Å². The van der Waals surface area contributed by atoms with Crippen LogP contribution in [0.5, 0.6) is 0 Å². The predicted molar refractivity (Wildman–Crippen MR) is 157 cm³/mol. The van der Waals surface area contributed by atoms with Crippen LogP contribution in [0.15, 0.2) is 49.2 Å². The van der Waals surface area contributed by atoms with Gasteiger partial charge in [-0.3, -0.25) is 9.67 Å². The van der Waals surface area contributed by atoms with Gasteiger partial charge in [-0.05, 0) is 63.6 Å². The Labute approximate surface area is 251 Å². The number of rotatable bonds is 10. The lowest BCUT2D eigenvalue weighted by atomic mass is 9.83. The van der Waals surface area contributed by atoms with E-state index in [1.807, 2.05) is 6.92 Å². The second-order valence-electron chi connectivity index (χ2n) is 11.6. The highest BCUT2D eigenvalue weighted by Crippen LogP contribution is 2.34. The molecular weight excluding hydrogens is 599 g/mol. The van der Waals surface area contributed by atoms with Gasteiger partial charge in [-0.2, -0.15) is 32.4 Å². The molecule has 0 unspecified atom stereocenters. The van der Waals surface area contributed by atoms with Gasteiger partial charge in [-0.25, -0.2) is 13.4 Å². The molecule has 0 atom stereocenters. The van der Waals surface area contributed by atoms with Crippen molar-refractivity contribution in [1.29, 1.82) is 0 Å². The van der Waals surface area contributed by atoms with Crippen molar-refractivity contribution in [2.45, 2.75) is 81.5 Å². The Bertz CT molecular complexity index is 1740. The van der Waals surface area contributed by atoms with Crippen LogP contribution in [0, 0.1) is 0 Å². The van der Waals surface area contributed by atoms with E-state index >= 15 is 0 Å². The highest BCUT2D eigenvalue weighted by Gasteiger charge is 2.37. The summed E-state index contributed by atoms with van der Waals surface area (Å²) in [5, 5.41) is 24.9. The number of alkyl halides is 3. The van der Waals surface area contributed by atoms with Crippen molar-refractivity contribution < 1.29 is 26.7 Å². The normalized spacial score (nSPS) is 20.9. The van der Waals surface area contributed by atoms with Gasteiger partial charge < -0.3 is 15.7 Å². The molecule has 0 aliphatic heterocycles. The first-order valence-electron chi connectivity index (χ1n) is 14.3. The van der Waals surface area contributed by atoms with Gasteiger partial charge in [0.1, 0.15) is 5.82 Å². The van der Waals surface area contributed by atoms with Crippen molar-refractivity contribution >= 4 is 27.5 Å². The minimum absolute atomic E-state index is 0.0139. The van der Waals surface area contributed by atoms with Crippen molar-refractivity contribution in [3.8, 4) is 22.5 Å². The molecule has 2 fully saturated rings. The zero-order valence-electron chi connectivity index (χ0n) is 23.9. The first-order chi connectivity index (χ1) is 20.8. The molecule has 234 valence electrons. The number of halogens is 3. The largest absolute Gasteiger partial charge is 0.390 e. The van der Waals surface area contributed by atoms with Crippen LogP contribution >= 0.6 is 0 Å². The molecular formula is C28H32F3N9O3S. The van der Waals surface area contributed by atoms with E-state index in [-0.39, 0.29) is 18.5 Å². The minimum atomic E-state index is -4.29. The molecule has 0 radical (unpaired) electrons. The number of anilines is 3. The number of aliphatic hydroxyl groups is 1. The average molecular weight is 632 g/mol. The van der Waals surface area contributed by atoms with E-state index in [1.165, 1.54) is 23.3 Å². The first kappa shape index (κ1) is 30.0. The molecule has 0 saturated heterocycles. The zero-order chi connectivity index (χ0) is 31.1. The fourth-order valence-corrected chi connectivity index (χ4v) is 6.55. The number of hydrogen-bond donors (Lipinski definition) is 3. The Morgan fingerprint density at radius 2 is 1.86 bits per heavy atom. The van der Waals surface area contributed by atoms with E-state index in [4.69, 9.17) is 4.98 Å². The summed E-state index contributed by atoms with van der Waals surface area (Å²) >= 11 is 0. The van der Waals surface area contributed by atoms with Crippen LogP contribution in [0.25, 0.3) is 22.5 Å². The Hall–Kier alpha value is -4.05. The number of nitrogens with one attached hydrogen (secondary N) is 2. The monoisotopic (exact) mass is 631 g/mol. The fourth-order valence-electron chi connectivity index (χ4n) is 5.08. The van der Waals surface area contributed by atoms with Gasteiger partial charge >= 0.3 is 6.18 Å². The number of hydrogen-bond acceptors (Lipinski definition) is 10. The summed E-state index contributed by atoms with van der Waals surface area (Å²) in [4.78, 5) is 13.5. The van der Waals surface area contributed by atoms with Gasteiger partial charge in [0.25, 0.3) is 10.0 Å². The molecule has 0 amide bonds. The molecule has 0 bridgehead atoms. The molecule has 0 spiro atoms. The summed E-state index contributed by atoms with van der Waals surface area (Å²) in [5.74, 6) is 0.704. The van der Waals surface area contributed by atoms with Gasteiger partial charge in [0.2, 0.25) is 5.95 Å². The summed E-state index contributed by atoms with van der Waals surface area (Å²) in [6.45, 7) is 1.51. The van der Waals surface area contributed by atoms with E-state index in [2.05, 4.69) is 30.8 Å². The summed E-state index contributed by atoms with van der Waals surface area (Å²) in [7, 11) is -3.51. The van der Waals surface area contributed by atoms with Crippen LogP contribution in [0.1, 0.15) is 51.9 Å². The van der Waals surface area contributed by atoms with Crippen molar-refractivity contribution in [2.24, 2.45) is 0 Å². The van der Waals surface area contributed by atoms with Gasteiger partial charge in [0.05, 0.1) is 46.6 Å². The van der Waals surface area contributed by atoms with Gasteiger partial charge in [0.15, 0.2) is 0 Å². The average Bonchev–Trinajstić information content (AvgIpc) is 3.53. The molecule has 6 rings (SSSR count). The summed E-state index contributed by atoms with van der Waals surface area (Å²) in [6, 6.07) is 5.07. The molecule has 2 aliphatic rings. The molecule has 4 aromatic rings. The second kappa shape index (κ2) is 11.5. The zero-order valence-corrected chi connectivity index (χ0v) is 24.7. The molecule has 2 aliphatic carbocycles. The Morgan fingerprint density at radius 1 is 1.09 bits per heavy atom. The Kier molecular flexibility index (Phi) is 7.82. The Morgan fingerprint density at radius 3 is 2.59 bits per heavy atom. The topological polar surface area (TPSA) is 153 Å². The molecule has 12 nitrogen and oxygen atoms in total. The second-order valence-corrected chi connectivity index (χ2v) is 13.7. The van der Waals surface area contributed by atoms with Gasteiger partial charge in [0, 0.05) is 42.4 Å². The highest BCUT2D eigenvalue weighted by molar-refractivity contribution is 7.90. The quantitative estimate of drug-likeness (QED) is 0.224. The summed E-state index contributed by atoms with van der Waals surface area (Å²) < 4.78 is 65.6. The standard InChI is InChI=1S/C28H32F3N9O3S/c1-27(41)8-4-19(5-9-27)35-25-22(23-7-12-39(38-23)13-10-28(29,30)31)16-33-26(37-25)36-20-6-11-32-24(14-20)18-15-34-40(17-18)44(42,43)21-2-3-21/h6-7,11-12,14-17,19,21,41H,2-5,8-10,13H2,1H3,(H2,32,33,35,36,37). The van der Waals surface area contributed by atoms with Crippen LogP contribution in [0.2, 0.25) is 0 Å². The maximum atomic E-state index is 12.7. The number of aryl methyl sites for hydroxylation is 1. The lowest BCUT2D eigenvalue weighted by molar-refractivity contribution is -0.137. The molecule has 4 heterocycles. The Balaban J connectivity index is 1.24. The van der Waals surface area contributed by atoms with Crippen molar-refractivity contribution in [1.82, 2.24) is 33.9 Å². The van der Waals surface area contributed by atoms with E-state index in [9.17, 15) is 26.7 Å². The molecule has 44 heavy (non-hydrogen) atoms. The van der Waals surface area contributed by atoms with E-state index in [1.54, 1.807) is 30.6 Å². The van der Waals surface area contributed by atoms with Gasteiger partial charge in [-0.15, -0.1) is 0 Å². The van der Waals surface area contributed by atoms with Crippen LogP contribution in [0.4, 0.5) is 30.6 Å². The molecule has 2 saturated carbocycles. The van der Waals surface area contributed by atoms with E-state index < -0.39 is 33.5 Å². The molecule has 0 aromatic carbocycles. The van der Waals surface area contributed by atoms with Crippen LogP contribution in [-0.2, 0) is 16.6 Å². The maximum absolute atomic E-state index is 12.7. The third kappa shape index (κ3) is 7.01. The fraction of sp³-hybridized carbons (Fsp3) is 0.464. The van der Waals surface area contributed by atoms with Crippen LogP contribution in [-0.4, -0.2) is 70.5 Å². The van der Waals surface area contributed by atoms with Crippen LogP contribution < -0.4 is 10.6 Å². The number of pyridine rings is 1. The molecule has 3 N–H and O–H groups in total. The van der Waals surface area contributed by atoms with Crippen molar-refractivity contribution in [2.75, 3.05) is 10.6 Å². The lowest BCUT2D eigenvalue weighted by Gasteiger charge is -2.33. The van der Waals surface area contributed by atoms with Crippen LogP contribution in [0.3, 0.4) is 0 Å². The maximum Gasteiger partial charge on any atom is 0.390 e. The van der Waals surface area contributed by atoms with Crippen molar-refractivity contribution in [3.63, 3.8) is 0 Å². The first-order valence-corrected chi connectivity index (χ1v) is 15.8. The van der Waals surface area contributed by atoms with E-state index in [0.717, 1.165) is 4.09 Å². The third-order valence-corrected chi connectivity index (χ3v) is 9.85. The summed E-state index contributed by atoms with van der Waals surface area (Å²) in [6.07, 6.45) is 6.13. The molecule has 16 heteroatoms. The number of aromatic nitrogens is 7. The molecule has 4 aromatic heterocycles. The van der Waals surface area contributed by atoms with Crippen molar-refractivity contribution in [3.05, 3.63) is 49.2 Å². The lowest BCUT2D eigenvalue weighted by Crippen LogP contribution is -2.36. The summed E-state index contributed by atoms with van der Waals surface area (Å²) in [5.41, 5.74) is 1.85. The van der Waals surface area contributed by atoms with E-state index in [0.29, 0.717) is 72.5 Å². The number of nitrogens with zero attached hydrogens (tertiary/aromatic N) is 7. The predicted octanol–water partition coefficient (Wildman–Crippen LogP) is 4.74. The third-order valence-electron chi connectivity index (χ3n) is 7.81. The SMILES string of the molecule is CC1(O)CCC(Nc2nc(Nc3ccnc(-c4cnn(S(=O)(=O)C5CC5)c4)c3)ncc2-c2ccn(CCC(F)(F)F)n2)CC1. The minimum Gasteiger partial charge on any atom is -0.390 e. The highest BCUT2D eigenvalue weighted by atomic mass is 32.2.